The lowest BCUT2D eigenvalue weighted by molar-refractivity contribution is 0.0980. The maximum Gasteiger partial charge on any atom is 0.196 e. The van der Waals surface area contributed by atoms with Gasteiger partial charge in [0.15, 0.2) is 11.6 Å². The molecule has 6 N–H and O–H groups in total. The van der Waals surface area contributed by atoms with E-state index in [-0.39, 0.29) is 11.6 Å². The second-order valence-electron chi connectivity index (χ2n) is 8.06. The molecule has 0 aromatic heterocycles. The lowest BCUT2D eigenvalue weighted by Gasteiger charge is -2.25. The second kappa shape index (κ2) is 7.84. The van der Waals surface area contributed by atoms with Crippen molar-refractivity contribution in [3.8, 4) is 0 Å². The van der Waals surface area contributed by atoms with Crippen LogP contribution >= 0.6 is 0 Å². The Morgan fingerprint density at radius 3 is 1.67 bits per heavy atom. The van der Waals surface area contributed by atoms with Crippen LogP contribution in [0.2, 0.25) is 0 Å². The summed E-state index contributed by atoms with van der Waals surface area (Å²) < 4.78 is 0. The average molecular weight is 434 g/mol. The van der Waals surface area contributed by atoms with Crippen molar-refractivity contribution in [2.24, 2.45) is 0 Å². The van der Waals surface area contributed by atoms with E-state index in [1.54, 1.807) is 48.5 Å². The van der Waals surface area contributed by atoms with Gasteiger partial charge >= 0.3 is 0 Å². The maximum absolute atomic E-state index is 13.7. The summed E-state index contributed by atoms with van der Waals surface area (Å²) in [6.07, 6.45) is 0. The van der Waals surface area contributed by atoms with Crippen LogP contribution in [0.1, 0.15) is 37.4 Å². The van der Waals surface area contributed by atoms with Gasteiger partial charge in [-0.2, -0.15) is 0 Å². The quantitative estimate of drug-likeness (QED) is 0.281. The number of anilines is 6. The molecule has 0 heterocycles. The molecule has 0 fully saturated rings. The molecule has 0 saturated heterocycles. The normalized spacial score (nSPS) is 12.2. The molecule has 33 heavy (non-hydrogen) atoms. The minimum Gasteiger partial charge on any atom is -0.399 e. The van der Waals surface area contributed by atoms with Crippen LogP contribution in [0.3, 0.4) is 0 Å². The van der Waals surface area contributed by atoms with Gasteiger partial charge in [0.1, 0.15) is 0 Å². The summed E-state index contributed by atoms with van der Waals surface area (Å²) in [4.78, 5) is 27.3. The Labute approximate surface area is 191 Å². The van der Waals surface area contributed by atoms with Gasteiger partial charge in [0, 0.05) is 33.9 Å². The first-order valence-electron chi connectivity index (χ1n) is 10.5. The molecule has 4 aromatic rings. The van der Waals surface area contributed by atoms with E-state index in [4.69, 9.17) is 11.5 Å². The Balaban J connectivity index is 1.70. The van der Waals surface area contributed by atoms with Gasteiger partial charge in [-0.15, -0.1) is 0 Å². The molecule has 0 bridgehead atoms. The Kier molecular flexibility index (Phi) is 4.83. The number of aryl methyl sites for hydroxylation is 1. The first kappa shape index (κ1) is 20.3. The molecule has 0 unspecified atom stereocenters. The molecule has 0 aliphatic heterocycles. The number of hydrogen-bond acceptors (Lipinski definition) is 6. The van der Waals surface area contributed by atoms with Gasteiger partial charge in [0.2, 0.25) is 0 Å². The Morgan fingerprint density at radius 2 is 1.12 bits per heavy atom. The second-order valence-corrected chi connectivity index (χ2v) is 8.06. The molecule has 6 nitrogen and oxygen atoms in total. The molecule has 5 rings (SSSR count). The minimum atomic E-state index is -0.196. The van der Waals surface area contributed by atoms with Crippen LogP contribution in [0, 0.1) is 6.92 Å². The molecule has 1 aliphatic carbocycles. The van der Waals surface area contributed by atoms with Crippen molar-refractivity contribution in [2.75, 3.05) is 22.1 Å². The lowest BCUT2D eigenvalue weighted by atomic mass is 9.81. The summed E-state index contributed by atoms with van der Waals surface area (Å²) in [6, 6.07) is 23.3. The summed E-state index contributed by atoms with van der Waals surface area (Å²) in [5.74, 6) is -0.388. The van der Waals surface area contributed by atoms with E-state index in [9.17, 15) is 9.59 Å². The van der Waals surface area contributed by atoms with Crippen molar-refractivity contribution in [1.29, 1.82) is 0 Å². The summed E-state index contributed by atoms with van der Waals surface area (Å²) >= 11 is 0. The highest BCUT2D eigenvalue weighted by Crippen LogP contribution is 2.40. The highest BCUT2D eigenvalue weighted by Gasteiger charge is 2.34. The Hall–Kier alpha value is -4.58. The number of nitrogen functional groups attached to an aromatic ring is 2. The standard InChI is InChI=1S/C27H22N4O2/c1-15-14-22(30-18-10-6-16(28)7-11-18)23-24(25(15)31-19-12-8-17(29)9-13-19)27(33)21-5-3-2-4-20(21)26(23)32/h2-14,30-31H,28-29H2,1H3. The molecule has 0 radical (unpaired) electrons. The van der Waals surface area contributed by atoms with Crippen LogP contribution in [0.25, 0.3) is 0 Å². The van der Waals surface area contributed by atoms with Gasteiger partial charge in [0.25, 0.3) is 0 Å². The predicted octanol–water partition coefficient (Wildman–Crippen LogP) is 5.42. The predicted molar refractivity (Wildman–Crippen MR) is 133 cm³/mol. The third-order valence-electron chi connectivity index (χ3n) is 5.76. The number of rotatable bonds is 4. The zero-order valence-electron chi connectivity index (χ0n) is 18.0. The van der Waals surface area contributed by atoms with E-state index in [1.165, 1.54) is 0 Å². The maximum atomic E-state index is 13.7. The van der Waals surface area contributed by atoms with Gasteiger partial charge in [-0.05, 0) is 67.1 Å². The van der Waals surface area contributed by atoms with Crippen molar-refractivity contribution < 1.29 is 9.59 Å². The van der Waals surface area contributed by atoms with Crippen LogP contribution < -0.4 is 22.1 Å². The molecular formula is C27H22N4O2. The molecule has 0 amide bonds. The fourth-order valence-corrected chi connectivity index (χ4v) is 4.12. The van der Waals surface area contributed by atoms with E-state index in [0.29, 0.717) is 45.0 Å². The molecule has 0 atom stereocenters. The van der Waals surface area contributed by atoms with Crippen LogP contribution in [0.15, 0.2) is 78.9 Å². The summed E-state index contributed by atoms with van der Waals surface area (Å²) in [5.41, 5.74) is 17.9. The number of benzene rings is 4. The molecule has 6 heteroatoms. The molecule has 1 aliphatic rings. The zero-order valence-corrected chi connectivity index (χ0v) is 18.0. The van der Waals surface area contributed by atoms with E-state index < -0.39 is 0 Å². The monoisotopic (exact) mass is 434 g/mol. The van der Waals surface area contributed by atoms with Crippen molar-refractivity contribution >= 4 is 45.7 Å². The van der Waals surface area contributed by atoms with E-state index in [2.05, 4.69) is 10.6 Å². The number of ketones is 2. The summed E-state index contributed by atoms with van der Waals surface area (Å²) in [5, 5.41) is 6.64. The van der Waals surface area contributed by atoms with E-state index in [1.807, 2.05) is 37.3 Å². The molecular weight excluding hydrogens is 412 g/mol. The fourth-order valence-electron chi connectivity index (χ4n) is 4.12. The fraction of sp³-hybridized carbons (Fsp3) is 0.0370. The molecule has 162 valence electrons. The van der Waals surface area contributed by atoms with Gasteiger partial charge < -0.3 is 22.1 Å². The Bertz CT molecular complexity index is 1410. The Morgan fingerprint density at radius 1 is 0.636 bits per heavy atom. The van der Waals surface area contributed by atoms with Crippen molar-refractivity contribution in [2.45, 2.75) is 6.92 Å². The number of carbonyl (C=O) groups is 2. The van der Waals surface area contributed by atoms with Crippen molar-refractivity contribution in [3.05, 3.63) is 107 Å². The highest BCUT2D eigenvalue weighted by atomic mass is 16.1. The van der Waals surface area contributed by atoms with Crippen molar-refractivity contribution in [1.82, 2.24) is 0 Å². The van der Waals surface area contributed by atoms with Gasteiger partial charge in [0.05, 0.1) is 22.5 Å². The van der Waals surface area contributed by atoms with E-state index >= 15 is 0 Å². The van der Waals surface area contributed by atoms with Crippen LogP contribution in [-0.2, 0) is 0 Å². The van der Waals surface area contributed by atoms with Gasteiger partial charge in [-0.1, -0.05) is 24.3 Å². The SMILES string of the molecule is Cc1cc(Nc2ccc(N)cc2)c2c(c1Nc1ccc(N)cc1)C(=O)c1ccccc1C2=O. The number of fused-ring (bicyclic) bond motifs is 2. The van der Waals surface area contributed by atoms with Crippen LogP contribution in [0.4, 0.5) is 34.1 Å². The zero-order chi connectivity index (χ0) is 23.1. The molecule has 4 aromatic carbocycles. The molecule has 0 spiro atoms. The third-order valence-corrected chi connectivity index (χ3v) is 5.76. The first-order chi connectivity index (χ1) is 15.9. The van der Waals surface area contributed by atoms with Gasteiger partial charge in [-0.3, -0.25) is 9.59 Å². The lowest BCUT2D eigenvalue weighted by Crippen LogP contribution is -2.24. The van der Waals surface area contributed by atoms with Crippen LogP contribution in [0.5, 0.6) is 0 Å². The first-order valence-corrected chi connectivity index (χ1v) is 10.5. The number of nitrogens with two attached hydrogens (primary N) is 2. The summed E-state index contributed by atoms with van der Waals surface area (Å²) in [7, 11) is 0. The van der Waals surface area contributed by atoms with E-state index in [0.717, 1.165) is 16.9 Å². The molecule has 0 saturated carbocycles. The highest BCUT2D eigenvalue weighted by molar-refractivity contribution is 6.32. The number of hydrogen-bond donors (Lipinski definition) is 4. The van der Waals surface area contributed by atoms with Crippen molar-refractivity contribution in [3.63, 3.8) is 0 Å². The van der Waals surface area contributed by atoms with Crippen LogP contribution in [-0.4, -0.2) is 11.6 Å². The number of nitrogens with one attached hydrogen (secondary N) is 2. The average Bonchev–Trinajstić information content (AvgIpc) is 2.82. The smallest absolute Gasteiger partial charge is 0.196 e. The summed E-state index contributed by atoms with van der Waals surface area (Å²) in [6.45, 7) is 1.91. The van der Waals surface area contributed by atoms with Gasteiger partial charge in [-0.25, -0.2) is 0 Å². The third kappa shape index (κ3) is 3.57. The number of carbonyl (C=O) groups excluding carboxylic acids is 2. The minimum absolute atomic E-state index is 0.192. The largest absolute Gasteiger partial charge is 0.399 e. The topological polar surface area (TPSA) is 110 Å².